The maximum Gasteiger partial charge on any atom is 0.338 e. The molecule has 1 aromatic rings. The highest BCUT2D eigenvalue weighted by Crippen LogP contribution is 2.38. The summed E-state index contributed by atoms with van der Waals surface area (Å²) in [5.74, 6) is 1.22. The Morgan fingerprint density at radius 1 is 1.35 bits per heavy atom. The second-order valence-electron chi connectivity index (χ2n) is 4.82. The number of carbonyl (C=O) groups is 1. The van der Waals surface area contributed by atoms with E-state index >= 15 is 0 Å². The van der Waals surface area contributed by atoms with Gasteiger partial charge in [0.25, 0.3) is 0 Å². The van der Waals surface area contributed by atoms with Crippen molar-refractivity contribution in [3.8, 4) is 0 Å². The number of hydrogen-bond acceptors (Lipinski definition) is 2. The lowest BCUT2D eigenvalue weighted by Crippen LogP contribution is -2.18. The molecule has 2 heteroatoms. The zero-order valence-corrected chi connectivity index (χ0v) is 10.6. The van der Waals surface area contributed by atoms with E-state index in [0.717, 1.165) is 5.92 Å². The molecule has 17 heavy (non-hydrogen) atoms. The largest absolute Gasteiger partial charge is 0.462 e. The van der Waals surface area contributed by atoms with Crippen LogP contribution in [0.5, 0.6) is 0 Å². The fourth-order valence-electron chi connectivity index (χ4n) is 2.35. The molecular weight excluding hydrogens is 212 g/mol. The lowest BCUT2D eigenvalue weighted by molar-refractivity contribution is 0.0526. The quantitative estimate of drug-likeness (QED) is 0.739. The van der Waals surface area contributed by atoms with Crippen LogP contribution in [0.25, 0.3) is 0 Å². The van der Waals surface area contributed by atoms with Crippen molar-refractivity contribution in [2.24, 2.45) is 5.92 Å². The Kier molecular flexibility index (Phi) is 3.82. The zero-order valence-electron chi connectivity index (χ0n) is 10.6. The molecule has 1 unspecified atom stereocenters. The average Bonchev–Trinajstić information content (AvgIpc) is 2.27. The molecule has 1 fully saturated rings. The highest BCUT2D eigenvalue weighted by atomic mass is 16.5. The monoisotopic (exact) mass is 232 g/mol. The minimum Gasteiger partial charge on any atom is -0.462 e. The third kappa shape index (κ3) is 2.68. The molecule has 0 radical (unpaired) electrons. The molecule has 1 aromatic carbocycles. The van der Waals surface area contributed by atoms with Crippen molar-refractivity contribution >= 4 is 5.97 Å². The Bertz CT molecular complexity index is 376. The molecule has 2 nitrogen and oxygen atoms in total. The summed E-state index contributed by atoms with van der Waals surface area (Å²) in [6.45, 7) is 4.53. The second-order valence-corrected chi connectivity index (χ2v) is 4.82. The van der Waals surface area contributed by atoms with E-state index in [1.807, 2.05) is 19.1 Å². The van der Waals surface area contributed by atoms with Gasteiger partial charge >= 0.3 is 5.97 Å². The summed E-state index contributed by atoms with van der Waals surface area (Å²) in [4.78, 5) is 11.5. The van der Waals surface area contributed by atoms with E-state index in [1.165, 1.54) is 24.8 Å². The van der Waals surface area contributed by atoms with E-state index < -0.39 is 0 Å². The van der Waals surface area contributed by atoms with Gasteiger partial charge in [0.15, 0.2) is 0 Å². The van der Waals surface area contributed by atoms with E-state index in [4.69, 9.17) is 4.74 Å². The number of ether oxygens (including phenoxy) is 1. The number of esters is 1. The molecular formula is C15H20O2. The van der Waals surface area contributed by atoms with E-state index in [9.17, 15) is 4.79 Å². The molecule has 1 saturated carbocycles. The highest BCUT2D eigenvalue weighted by Gasteiger charge is 2.24. The smallest absolute Gasteiger partial charge is 0.338 e. The van der Waals surface area contributed by atoms with Crippen LogP contribution in [0.15, 0.2) is 24.3 Å². The molecule has 1 aliphatic carbocycles. The minimum absolute atomic E-state index is 0.227. The maximum atomic E-state index is 11.5. The molecule has 2 rings (SSSR count). The first-order valence-electron chi connectivity index (χ1n) is 6.49. The zero-order chi connectivity index (χ0) is 12.3. The first-order valence-corrected chi connectivity index (χ1v) is 6.49. The third-order valence-corrected chi connectivity index (χ3v) is 3.80. The van der Waals surface area contributed by atoms with Gasteiger partial charge in [0.05, 0.1) is 12.2 Å². The van der Waals surface area contributed by atoms with Crippen LogP contribution in [0.1, 0.15) is 54.9 Å². The molecule has 0 aliphatic heterocycles. The van der Waals surface area contributed by atoms with Crippen molar-refractivity contribution in [2.75, 3.05) is 6.61 Å². The van der Waals surface area contributed by atoms with Gasteiger partial charge in [-0.15, -0.1) is 0 Å². The van der Waals surface area contributed by atoms with E-state index in [-0.39, 0.29) is 5.97 Å². The minimum atomic E-state index is -0.227. The van der Waals surface area contributed by atoms with Crippen molar-refractivity contribution in [1.82, 2.24) is 0 Å². The van der Waals surface area contributed by atoms with Crippen molar-refractivity contribution in [3.63, 3.8) is 0 Å². The van der Waals surface area contributed by atoms with Crippen molar-refractivity contribution in [3.05, 3.63) is 35.4 Å². The summed E-state index contributed by atoms with van der Waals surface area (Å²) in [6, 6.07) is 7.88. The molecule has 0 aromatic heterocycles. The van der Waals surface area contributed by atoms with Crippen LogP contribution >= 0.6 is 0 Å². The molecule has 0 amide bonds. The topological polar surface area (TPSA) is 26.3 Å². The Morgan fingerprint density at radius 2 is 2.00 bits per heavy atom. The fourth-order valence-corrected chi connectivity index (χ4v) is 2.35. The van der Waals surface area contributed by atoms with Gasteiger partial charge in [0.1, 0.15) is 0 Å². The second kappa shape index (κ2) is 5.35. The Balaban J connectivity index is 2.04. The van der Waals surface area contributed by atoms with E-state index in [0.29, 0.717) is 18.1 Å². The Hall–Kier alpha value is -1.31. The number of rotatable bonds is 4. The molecule has 0 bridgehead atoms. The SMILES string of the molecule is CCOC(=O)c1ccc(C(C)C2CCC2)cc1. The normalized spacial score (nSPS) is 17.3. The molecule has 92 valence electrons. The standard InChI is InChI=1S/C15H20O2/c1-3-17-15(16)14-9-7-13(8-10-14)11(2)12-5-4-6-12/h7-12H,3-6H2,1-2H3. The van der Waals surface area contributed by atoms with Gasteiger partial charge in [-0.1, -0.05) is 25.5 Å². The highest BCUT2D eigenvalue weighted by molar-refractivity contribution is 5.89. The molecule has 0 saturated heterocycles. The first kappa shape index (κ1) is 12.2. The predicted octanol–water partition coefficient (Wildman–Crippen LogP) is 3.77. The third-order valence-electron chi connectivity index (χ3n) is 3.80. The summed E-state index contributed by atoms with van der Waals surface area (Å²) < 4.78 is 4.97. The van der Waals surface area contributed by atoms with Gasteiger partial charge < -0.3 is 4.74 Å². The van der Waals surface area contributed by atoms with Gasteiger partial charge in [-0.05, 0) is 49.3 Å². The summed E-state index contributed by atoms with van der Waals surface area (Å²) in [5.41, 5.74) is 1.99. The van der Waals surface area contributed by atoms with Crippen LogP contribution in [0.4, 0.5) is 0 Å². The maximum absolute atomic E-state index is 11.5. The predicted molar refractivity (Wildman–Crippen MR) is 68.2 cm³/mol. The molecule has 0 heterocycles. The first-order chi connectivity index (χ1) is 8.22. The summed E-state index contributed by atoms with van der Waals surface area (Å²) in [6.07, 6.45) is 4.07. The van der Waals surface area contributed by atoms with Crippen LogP contribution in [-0.4, -0.2) is 12.6 Å². The fraction of sp³-hybridized carbons (Fsp3) is 0.533. The number of benzene rings is 1. The van der Waals surface area contributed by atoms with Crippen LogP contribution in [-0.2, 0) is 4.74 Å². The van der Waals surface area contributed by atoms with Crippen molar-refractivity contribution in [2.45, 2.75) is 39.0 Å². The van der Waals surface area contributed by atoms with Crippen LogP contribution in [0, 0.1) is 5.92 Å². The van der Waals surface area contributed by atoms with E-state index in [1.54, 1.807) is 0 Å². The Morgan fingerprint density at radius 3 is 2.47 bits per heavy atom. The summed E-state index contributed by atoms with van der Waals surface area (Å²) in [5, 5.41) is 0. The lowest BCUT2D eigenvalue weighted by atomic mass is 9.74. The van der Waals surface area contributed by atoms with Gasteiger partial charge in [0.2, 0.25) is 0 Å². The van der Waals surface area contributed by atoms with Crippen molar-refractivity contribution in [1.29, 1.82) is 0 Å². The average molecular weight is 232 g/mol. The van der Waals surface area contributed by atoms with Crippen LogP contribution < -0.4 is 0 Å². The van der Waals surface area contributed by atoms with Crippen LogP contribution in [0.2, 0.25) is 0 Å². The molecule has 0 spiro atoms. The molecule has 0 N–H and O–H groups in total. The number of carbonyl (C=O) groups excluding carboxylic acids is 1. The van der Waals surface area contributed by atoms with Crippen molar-refractivity contribution < 1.29 is 9.53 Å². The van der Waals surface area contributed by atoms with Gasteiger partial charge in [-0.3, -0.25) is 0 Å². The Labute approximate surface area is 103 Å². The number of hydrogen-bond donors (Lipinski definition) is 0. The lowest BCUT2D eigenvalue weighted by Gasteiger charge is -2.31. The van der Waals surface area contributed by atoms with E-state index in [2.05, 4.69) is 19.1 Å². The molecule has 1 atom stereocenters. The molecule has 1 aliphatic rings. The van der Waals surface area contributed by atoms with Gasteiger partial charge in [-0.2, -0.15) is 0 Å². The summed E-state index contributed by atoms with van der Waals surface area (Å²) >= 11 is 0. The summed E-state index contributed by atoms with van der Waals surface area (Å²) in [7, 11) is 0. The van der Waals surface area contributed by atoms with Gasteiger partial charge in [0, 0.05) is 0 Å². The van der Waals surface area contributed by atoms with Crippen LogP contribution in [0.3, 0.4) is 0 Å². The van der Waals surface area contributed by atoms with Gasteiger partial charge in [-0.25, -0.2) is 4.79 Å².